The van der Waals surface area contributed by atoms with E-state index in [1.165, 1.54) is 4.57 Å². The number of hydrogen-bond acceptors (Lipinski definition) is 3. The molecule has 100 valence electrons. The van der Waals surface area contributed by atoms with Gasteiger partial charge < -0.3 is 4.74 Å². The van der Waals surface area contributed by atoms with E-state index < -0.39 is 11.7 Å². The summed E-state index contributed by atoms with van der Waals surface area (Å²) >= 11 is 3.35. The molecule has 2 aromatic rings. The van der Waals surface area contributed by atoms with Crippen molar-refractivity contribution >= 4 is 39.2 Å². The van der Waals surface area contributed by atoms with Gasteiger partial charge in [-0.05, 0) is 39.0 Å². The summed E-state index contributed by atoms with van der Waals surface area (Å²) < 4.78 is 7.45. The first kappa shape index (κ1) is 13.8. The predicted molar refractivity (Wildman–Crippen MR) is 76.7 cm³/mol. The minimum absolute atomic E-state index is 0.280. The number of aromatic nitrogens is 1. The van der Waals surface area contributed by atoms with Crippen LogP contribution in [-0.4, -0.2) is 22.5 Å². The smallest absolute Gasteiger partial charge is 0.419 e. The van der Waals surface area contributed by atoms with E-state index in [-0.39, 0.29) is 5.69 Å². The predicted octanol–water partition coefficient (Wildman–Crippen LogP) is 4.00. The van der Waals surface area contributed by atoms with Gasteiger partial charge in [-0.15, -0.1) is 0 Å². The van der Waals surface area contributed by atoms with E-state index in [0.717, 1.165) is 9.86 Å². The molecule has 0 fully saturated rings. The lowest BCUT2D eigenvalue weighted by atomic mass is 10.2. The maximum Gasteiger partial charge on any atom is 0.419 e. The van der Waals surface area contributed by atoms with Crippen LogP contribution < -0.4 is 0 Å². The summed E-state index contributed by atoms with van der Waals surface area (Å²) in [6, 6.07) is 7.15. The number of carbonyl (C=O) groups excluding carboxylic acids is 2. The molecule has 0 radical (unpaired) electrons. The maximum atomic E-state index is 12.2. The summed E-state index contributed by atoms with van der Waals surface area (Å²) in [6.45, 7) is 5.35. The van der Waals surface area contributed by atoms with Crippen LogP contribution in [0, 0.1) is 0 Å². The molecule has 0 unspecified atom stereocenters. The number of nitrogens with zero attached hydrogens (tertiary/aromatic N) is 1. The van der Waals surface area contributed by atoms with E-state index in [1.807, 2.05) is 12.1 Å². The highest BCUT2D eigenvalue weighted by molar-refractivity contribution is 9.10. The van der Waals surface area contributed by atoms with Crippen molar-refractivity contribution in [2.24, 2.45) is 0 Å². The van der Waals surface area contributed by atoms with E-state index in [4.69, 9.17) is 4.74 Å². The molecule has 0 aliphatic carbocycles. The molecular formula is C14H14BrNO3. The van der Waals surface area contributed by atoms with E-state index in [1.54, 1.807) is 32.9 Å². The number of benzene rings is 1. The summed E-state index contributed by atoms with van der Waals surface area (Å²) in [6.07, 6.45) is 0.0976. The van der Waals surface area contributed by atoms with Crippen LogP contribution in [0.5, 0.6) is 0 Å². The molecule has 4 nitrogen and oxygen atoms in total. The Hall–Kier alpha value is -1.62. The van der Waals surface area contributed by atoms with Crippen LogP contribution in [0.3, 0.4) is 0 Å². The number of carbonyl (C=O) groups is 2. The summed E-state index contributed by atoms with van der Waals surface area (Å²) in [5.74, 6) is 0. The van der Waals surface area contributed by atoms with Crippen LogP contribution in [0.1, 0.15) is 31.3 Å². The van der Waals surface area contributed by atoms with Crippen molar-refractivity contribution in [1.29, 1.82) is 0 Å². The topological polar surface area (TPSA) is 48.3 Å². The van der Waals surface area contributed by atoms with E-state index in [2.05, 4.69) is 15.9 Å². The first-order valence-corrected chi connectivity index (χ1v) is 6.60. The number of ether oxygens (including phenoxy) is 1. The van der Waals surface area contributed by atoms with Crippen LogP contribution >= 0.6 is 15.9 Å². The summed E-state index contributed by atoms with van der Waals surface area (Å²) in [5.41, 5.74) is 0.313. The van der Waals surface area contributed by atoms with Crippen molar-refractivity contribution in [3.05, 3.63) is 34.4 Å². The zero-order valence-corrected chi connectivity index (χ0v) is 12.5. The Labute approximate surface area is 119 Å². The molecule has 5 heteroatoms. The van der Waals surface area contributed by atoms with Gasteiger partial charge in [-0.1, -0.05) is 22.0 Å². The SMILES string of the molecule is CC(C)(C)OC(=O)n1c(C=O)cc2ccc(Br)cc21. The van der Waals surface area contributed by atoms with Gasteiger partial charge in [0.15, 0.2) is 6.29 Å². The number of halogens is 1. The van der Waals surface area contributed by atoms with Crippen molar-refractivity contribution in [3.63, 3.8) is 0 Å². The normalized spacial score (nSPS) is 11.6. The molecule has 0 atom stereocenters. The second-order valence-corrected chi connectivity index (χ2v) is 6.12. The van der Waals surface area contributed by atoms with Crippen molar-refractivity contribution in [1.82, 2.24) is 4.57 Å². The lowest BCUT2D eigenvalue weighted by Crippen LogP contribution is -2.27. The van der Waals surface area contributed by atoms with Crippen LogP contribution in [0.2, 0.25) is 0 Å². The van der Waals surface area contributed by atoms with Crippen LogP contribution in [0.15, 0.2) is 28.7 Å². The van der Waals surface area contributed by atoms with E-state index in [9.17, 15) is 9.59 Å². The molecule has 0 amide bonds. The fraction of sp³-hybridized carbons (Fsp3) is 0.286. The molecule has 0 aliphatic heterocycles. The highest BCUT2D eigenvalue weighted by Crippen LogP contribution is 2.24. The number of aldehydes is 1. The number of hydrogen-bond donors (Lipinski definition) is 0. The molecule has 1 aromatic heterocycles. The van der Waals surface area contributed by atoms with Crippen molar-refractivity contribution in [3.8, 4) is 0 Å². The lowest BCUT2D eigenvalue weighted by molar-refractivity contribution is 0.0538. The average Bonchev–Trinajstić information content (AvgIpc) is 2.64. The second kappa shape index (κ2) is 4.81. The summed E-state index contributed by atoms with van der Waals surface area (Å²) in [7, 11) is 0. The maximum absolute atomic E-state index is 12.2. The molecule has 0 N–H and O–H groups in total. The third-order valence-electron chi connectivity index (χ3n) is 2.49. The largest absolute Gasteiger partial charge is 0.443 e. The molecule has 0 bridgehead atoms. The van der Waals surface area contributed by atoms with Gasteiger partial charge in [0.25, 0.3) is 0 Å². The molecule has 0 saturated heterocycles. The van der Waals surface area contributed by atoms with E-state index >= 15 is 0 Å². The molecule has 0 saturated carbocycles. The van der Waals surface area contributed by atoms with Crippen LogP contribution in [0.4, 0.5) is 4.79 Å². The molecule has 0 spiro atoms. The first-order valence-electron chi connectivity index (χ1n) is 5.81. The van der Waals surface area contributed by atoms with Gasteiger partial charge in [-0.3, -0.25) is 4.79 Å². The fourth-order valence-corrected chi connectivity index (χ4v) is 2.14. The number of fused-ring (bicyclic) bond motifs is 1. The van der Waals surface area contributed by atoms with Gasteiger partial charge in [-0.25, -0.2) is 9.36 Å². The zero-order chi connectivity index (χ0) is 14.2. The molecule has 1 aromatic carbocycles. The third-order valence-corrected chi connectivity index (χ3v) is 2.99. The van der Waals surface area contributed by atoms with Gasteiger partial charge in [-0.2, -0.15) is 0 Å². The van der Waals surface area contributed by atoms with Crippen molar-refractivity contribution in [2.75, 3.05) is 0 Å². The van der Waals surface area contributed by atoms with Crippen molar-refractivity contribution < 1.29 is 14.3 Å². The van der Waals surface area contributed by atoms with Crippen molar-refractivity contribution in [2.45, 2.75) is 26.4 Å². The fourth-order valence-electron chi connectivity index (χ4n) is 1.79. The summed E-state index contributed by atoms with van der Waals surface area (Å²) in [5, 5.41) is 0.816. The van der Waals surface area contributed by atoms with E-state index in [0.29, 0.717) is 11.8 Å². The lowest BCUT2D eigenvalue weighted by Gasteiger charge is -2.20. The molecule has 19 heavy (non-hydrogen) atoms. The number of rotatable bonds is 1. The summed E-state index contributed by atoms with van der Waals surface area (Å²) in [4.78, 5) is 23.3. The van der Waals surface area contributed by atoms with Gasteiger partial charge in [0.05, 0.1) is 11.2 Å². The molecule has 1 heterocycles. The molecule has 2 rings (SSSR count). The van der Waals surface area contributed by atoms with Crippen LogP contribution in [0.25, 0.3) is 10.9 Å². The Bertz CT molecular complexity index is 652. The second-order valence-electron chi connectivity index (χ2n) is 5.21. The standard InChI is InChI=1S/C14H14BrNO3/c1-14(2,3)19-13(18)16-11(8-17)6-9-4-5-10(15)7-12(9)16/h4-8H,1-3H3. The van der Waals surface area contributed by atoms with Gasteiger partial charge in [0.1, 0.15) is 5.60 Å². The average molecular weight is 324 g/mol. The van der Waals surface area contributed by atoms with Gasteiger partial charge in [0.2, 0.25) is 0 Å². The first-order chi connectivity index (χ1) is 8.81. The molecular weight excluding hydrogens is 310 g/mol. The minimum atomic E-state index is -0.611. The quantitative estimate of drug-likeness (QED) is 0.745. The molecule has 0 aliphatic rings. The van der Waals surface area contributed by atoms with Gasteiger partial charge in [0, 0.05) is 9.86 Å². The minimum Gasteiger partial charge on any atom is -0.443 e. The Morgan fingerprint density at radius 1 is 1.32 bits per heavy atom. The Kier molecular flexibility index (Phi) is 3.49. The zero-order valence-electron chi connectivity index (χ0n) is 10.9. The van der Waals surface area contributed by atoms with Gasteiger partial charge >= 0.3 is 6.09 Å². The monoisotopic (exact) mass is 323 g/mol. The highest BCUT2D eigenvalue weighted by Gasteiger charge is 2.21. The Morgan fingerprint density at radius 2 is 2.00 bits per heavy atom. The van der Waals surface area contributed by atoms with Crippen LogP contribution in [-0.2, 0) is 4.74 Å². The third kappa shape index (κ3) is 2.87. The highest BCUT2D eigenvalue weighted by atomic mass is 79.9. The Morgan fingerprint density at radius 3 is 2.58 bits per heavy atom. The Balaban J connectivity index is 2.60.